The molecule has 0 spiro atoms. The predicted molar refractivity (Wildman–Crippen MR) is 137 cm³/mol. The Hall–Kier alpha value is -2.29. The third-order valence-electron chi connectivity index (χ3n) is 11.2. The third kappa shape index (κ3) is 3.49. The van der Waals surface area contributed by atoms with Gasteiger partial charge in [-0.1, -0.05) is 17.7 Å². The summed E-state index contributed by atoms with van der Waals surface area (Å²) >= 11 is 0. The monoisotopic (exact) mass is 528 g/mol. The fourth-order valence-corrected chi connectivity index (χ4v) is 8.85. The Morgan fingerprint density at radius 1 is 1.21 bits per heavy atom. The quantitative estimate of drug-likeness (QED) is 0.375. The summed E-state index contributed by atoms with van der Waals surface area (Å²) in [5.74, 6) is -2.04. The van der Waals surface area contributed by atoms with Crippen LogP contribution < -0.4 is 0 Å². The van der Waals surface area contributed by atoms with Crippen molar-refractivity contribution in [3.05, 3.63) is 34.9 Å². The van der Waals surface area contributed by atoms with Crippen molar-refractivity contribution < 1.29 is 39.2 Å². The van der Waals surface area contributed by atoms with Crippen LogP contribution in [0.4, 0.5) is 0 Å². The highest BCUT2D eigenvalue weighted by Crippen LogP contribution is 2.69. The molecule has 2 saturated carbocycles. The van der Waals surface area contributed by atoms with Crippen LogP contribution in [-0.4, -0.2) is 63.1 Å². The Balaban J connectivity index is 1.58. The van der Waals surface area contributed by atoms with E-state index in [2.05, 4.69) is 6.08 Å². The van der Waals surface area contributed by atoms with Crippen molar-refractivity contribution >= 4 is 17.7 Å². The molecule has 0 unspecified atom stereocenters. The summed E-state index contributed by atoms with van der Waals surface area (Å²) in [6, 6.07) is 0. The van der Waals surface area contributed by atoms with Gasteiger partial charge >= 0.3 is 11.9 Å². The van der Waals surface area contributed by atoms with Crippen LogP contribution in [0.25, 0.3) is 0 Å². The van der Waals surface area contributed by atoms with Gasteiger partial charge in [-0.15, -0.1) is 0 Å². The highest BCUT2D eigenvalue weighted by Gasteiger charge is 2.72. The fraction of sp³-hybridized carbons (Fsp3) is 0.700. The molecule has 5 aliphatic rings. The van der Waals surface area contributed by atoms with Gasteiger partial charge in [0.2, 0.25) is 0 Å². The summed E-state index contributed by atoms with van der Waals surface area (Å²) in [5, 5.41) is 35.8. The number of rotatable bonds is 4. The lowest BCUT2D eigenvalue weighted by Gasteiger charge is -2.61. The van der Waals surface area contributed by atoms with Crippen LogP contribution in [-0.2, 0) is 23.9 Å². The lowest BCUT2D eigenvalue weighted by atomic mass is 9.45. The first-order valence-electron chi connectivity index (χ1n) is 13.8. The second-order valence-corrected chi connectivity index (χ2v) is 12.6. The molecular weight excluding hydrogens is 488 g/mol. The van der Waals surface area contributed by atoms with Crippen LogP contribution in [0.3, 0.4) is 0 Å². The molecule has 208 valence electrons. The summed E-state index contributed by atoms with van der Waals surface area (Å²) in [6.45, 7) is 7.98. The van der Waals surface area contributed by atoms with Crippen molar-refractivity contribution in [2.75, 3.05) is 6.61 Å². The maximum atomic E-state index is 13.3. The second-order valence-electron chi connectivity index (χ2n) is 12.6. The molecule has 8 heteroatoms. The average Bonchev–Trinajstić information content (AvgIpc) is 3.18. The molecule has 0 aromatic rings. The van der Waals surface area contributed by atoms with E-state index >= 15 is 0 Å². The van der Waals surface area contributed by atoms with E-state index in [0.717, 1.165) is 12.0 Å². The third-order valence-corrected chi connectivity index (χ3v) is 11.2. The number of fused-ring (bicyclic) bond motifs is 5. The SMILES string of the molecule is CC(=O)OC[C@]12CC[C@H]3[C@@H](CC=C4CC=CC(=O)[C@@]43C)[C@]1(O)CC[C@@H]2[C@@](C)(O)[C@@H]1OC(=O)C(C)=C(C)[C@@H]1O. The van der Waals surface area contributed by atoms with Gasteiger partial charge in [-0.2, -0.15) is 0 Å². The van der Waals surface area contributed by atoms with Gasteiger partial charge in [-0.05, 0) is 89.7 Å². The van der Waals surface area contributed by atoms with Crippen molar-refractivity contribution in [2.24, 2.45) is 28.6 Å². The van der Waals surface area contributed by atoms with Crippen LogP contribution in [0.15, 0.2) is 34.9 Å². The van der Waals surface area contributed by atoms with E-state index in [4.69, 9.17) is 9.47 Å². The highest BCUT2D eigenvalue weighted by molar-refractivity contribution is 5.98. The van der Waals surface area contributed by atoms with E-state index in [1.807, 2.05) is 13.0 Å². The van der Waals surface area contributed by atoms with Crippen LogP contribution in [0.5, 0.6) is 0 Å². The van der Waals surface area contributed by atoms with Gasteiger partial charge in [0.25, 0.3) is 0 Å². The van der Waals surface area contributed by atoms with E-state index in [-0.39, 0.29) is 24.2 Å². The summed E-state index contributed by atoms with van der Waals surface area (Å²) in [4.78, 5) is 37.9. The molecule has 2 fully saturated rings. The molecule has 38 heavy (non-hydrogen) atoms. The molecule has 9 atom stereocenters. The zero-order valence-electron chi connectivity index (χ0n) is 23.0. The summed E-state index contributed by atoms with van der Waals surface area (Å²) < 4.78 is 11.2. The van der Waals surface area contributed by atoms with E-state index in [9.17, 15) is 29.7 Å². The lowest BCUT2D eigenvalue weighted by Crippen LogP contribution is -2.67. The Morgan fingerprint density at radius 2 is 1.92 bits per heavy atom. The number of aliphatic hydroxyl groups excluding tert-OH is 1. The lowest BCUT2D eigenvalue weighted by molar-refractivity contribution is -0.240. The molecule has 8 nitrogen and oxygen atoms in total. The van der Waals surface area contributed by atoms with E-state index < -0.39 is 52.1 Å². The minimum atomic E-state index is -1.72. The first kappa shape index (κ1) is 27.3. The van der Waals surface area contributed by atoms with Gasteiger partial charge in [0, 0.05) is 23.8 Å². The van der Waals surface area contributed by atoms with Crippen molar-refractivity contribution in [3.63, 3.8) is 0 Å². The van der Waals surface area contributed by atoms with E-state index in [1.165, 1.54) is 6.92 Å². The number of ether oxygens (including phenoxy) is 2. The number of hydrogen-bond donors (Lipinski definition) is 3. The Bertz CT molecular complexity index is 1160. The summed E-state index contributed by atoms with van der Waals surface area (Å²) in [5.41, 5.74) is -2.95. The number of allylic oxidation sites excluding steroid dienone is 4. The van der Waals surface area contributed by atoms with Gasteiger partial charge in [-0.25, -0.2) is 4.79 Å². The van der Waals surface area contributed by atoms with Gasteiger partial charge in [0.15, 0.2) is 11.9 Å². The van der Waals surface area contributed by atoms with Crippen LogP contribution in [0.1, 0.15) is 73.1 Å². The molecular formula is C30H40O8. The maximum Gasteiger partial charge on any atom is 0.334 e. The van der Waals surface area contributed by atoms with Crippen molar-refractivity contribution in [1.82, 2.24) is 0 Å². The van der Waals surface area contributed by atoms with Crippen LogP contribution in [0, 0.1) is 28.6 Å². The number of esters is 2. The minimum Gasteiger partial charge on any atom is -0.465 e. The molecule has 0 amide bonds. The maximum absolute atomic E-state index is 13.3. The first-order valence-corrected chi connectivity index (χ1v) is 13.8. The van der Waals surface area contributed by atoms with Crippen molar-refractivity contribution in [3.8, 4) is 0 Å². The zero-order chi connectivity index (χ0) is 27.8. The molecule has 5 rings (SSSR count). The number of cyclic esters (lactones) is 1. The number of aliphatic hydroxyl groups is 3. The standard InChI is InChI=1S/C30H40O8/c1-16-17(2)26(34)38-25(24(16)33)28(5,35)22-12-14-30(36)21-10-9-19-7-6-8-23(32)27(19,4)20(21)11-13-29(22,30)15-37-18(3)31/h6,8-9,20-22,24-25,33,35-36H,7,10-15H2,1-5H3/t20-,21+,22+,24-,25+,27-,28+,29-,30+/m0/s1. The average molecular weight is 529 g/mol. The number of hydrogen-bond acceptors (Lipinski definition) is 8. The van der Waals surface area contributed by atoms with Crippen LogP contribution in [0.2, 0.25) is 0 Å². The molecule has 0 aromatic carbocycles. The molecule has 3 N–H and O–H groups in total. The number of carbonyl (C=O) groups is 3. The molecule has 0 bridgehead atoms. The van der Waals surface area contributed by atoms with E-state index in [1.54, 1.807) is 26.8 Å². The number of ketones is 1. The topological polar surface area (TPSA) is 130 Å². The molecule has 0 aromatic heterocycles. The highest BCUT2D eigenvalue weighted by atomic mass is 16.6. The largest absolute Gasteiger partial charge is 0.465 e. The molecule has 0 radical (unpaired) electrons. The smallest absolute Gasteiger partial charge is 0.334 e. The second kappa shape index (κ2) is 8.86. The van der Waals surface area contributed by atoms with Crippen molar-refractivity contribution in [2.45, 2.75) is 96.6 Å². The Labute approximate surface area is 223 Å². The van der Waals surface area contributed by atoms with E-state index in [0.29, 0.717) is 43.3 Å². The zero-order valence-corrected chi connectivity index (χ0v) is 23.0. The molecule has 4 aliphatic carbocycles. The molecule has 1 heterocycles. The van der Waals surface area contributed by atoms with Gasteiger partial charge in [0.05, 0.1) is 11.0 Å². The fourth-order valence-electron chi connectivity index (χ4n) is 8.85. The molecule has 0 saturated heterocycles. The first-order chi connectivity index (χ1) is 17.7. The van der Waals surface area contributed by atoms with Crippen LogP contribution >= 0.6 is 0 Å². The summed E-state index contributed by atoms with van der Waals surface area (Å²) in [6.07, 6.45) is 6.27. The Morgan fingerprint density at radius 3 is 2.61 bits per heavy atom. The van der Waals surface area contributed by atoms with Gasteiger partial charge in [0.1, 0.15) is 18.3 Å². The molecule has 1 aliphatic heterocycles. The van der Waals surface area contributed by atoms with Crippen molar-refractivity contribution in [1.29, 1.82) is 0 Å². The minimum absolute atomic E-state index is 0.0530. The normalized spacial score (nSPS) is 43.9. The van der Waals surface area contributed by atoms with Gasteiger partial charge in [-0.3, -0.25) is 9.59 Å². The summed E-state index contributed by atoms with van der Waals surface area (Å²) in [7, 11) is 0. The predicted octanol–water partition coefficient (Wildman–Crippen LogP) is 2.94. The van der Waals surface area contributed by atoms with Gasteiger partial charge < -0.3 is 24.8 Å². The Kier molecular flexibility index (Phi) is 6.36. The number of carbonyl (C=O) groups excluding carboxylic acids is 3.